The summed E-state index contributed by atoms with van der Waals surface area (Å²) in [4.78, 5) is 26.7. The van der Waals surface area contributed by atoms with E-state index in [-0.39, 0.29) is 18.4 Å². The van der Waals surface area contributed by atoms with Gasteiger partial charge in [0.1, 0.15) is 0 Å². The number of para-hydroxylation sites is 1. The van der Waals surface area contributed by atoms with Gasteiger partial charge in [0, 0.05) is 35.0 Å². The third-order valence-electron chi connectivity index (χ3n) is 4.32. The fourth-order valence-electron chi connectivity index (χ4n) is 2.86. The average molecular weight is 452 g/mol. The van der Waals surface area contributed by atoms with E-state index in [1.807, 2.05) is 54.6 Å². The molecule has 3 aromatic carbocycles. The van der Waals surface area contributed by atoms with Crippen molar-refractivity contribution in [2.45, 2.75) is 6.54 Å². The zero-order chi connectivity index (χ0) is 20.6. The zero-order valence-corrected chi connectivity index (χ0v) is 17.6. The molecule has 29 heavy (non-hydrogen) atoms. The van der Waals surface area contributed by atoms with E-state index in [2.05, 4.69) is 26.6 Å². The Labute approximate surface area is 178 Å². The minimum absolute atomic E-state index is 0.101. The predicted molar refractivity (Wildman–Crippen MR) is 120 cm³/mol. The van der Waals surface area contributed by atoms with Crippen molar-refractivity contribution in [2.24, 2.45) is 0 Å². The fourth-order valence-corrected chi connectivity index (χ4v) is 3.29. The van der Waals surface area contributed by atoms with Gasteiger partial charge in [-0.15, -0.1) is 0 Å². The molecule has 3 aromatic rings. The number of amides is 2. The summed E-state index contributed by atoms with van der Waals surface area (Å²) in [6, 6.07) is 24.4. The molecule has 0 aromatic heterocycles. The van der Waals surface area contributed by atoms with Crippen LogP contribution in [-0.2, 0) is 11.3 Å². The summed E-state index contributed by atoms with van der Waals surface area (Å²) in [6.07, 6.45) is 0. The van der Waals surface area contributed by atoms with Crippen molar-refractivity contribution in [3.63, 3.8) is 0 Å². The minimum atomic E-state index is -0.192. The third kappa shape index (κ3) is 5.93. The van der Waals surface area contributed by atoms with E-state index >= 15 is 0 Å². The molecule has 0 aliphatic carbocycles. The Morgan fingerprint density at radius 2 is 1.66 bits per heavy atom. The number of rotatable bonds is 7. The molecule has 2 amide bonds. The summed E-state index contributed by atoms with van der Waals surface area (Å²) < 4.78 is 0.891. The normalized spacial score (nSPS) is 10.3. The van der Waals surface area contributed by atoms with E-state index in [1.54, 1.807) is 36.2 Å². The lowest BCUT2D eigenvalue weighted by Crippen LogP contribution is -2.26. The molecule has 148 valence electrons. The summed E-state index contributed by atoms with van der Waals surface area (Å²) in [5, 5.41) is 5.91. The number of benzene rings is 3. The van der Waals surface area contributed by atoms with E-state index in [9.17, 15) is 9.59 Å². The van der Waals surface area contributed by atoms with E-state index < -0.39 is 0 Å². The number of carbonyl (C=O) groups is 2. The van der Waals surface area contributed by atoms with Gasteiger partial charge in [0.15, 0.2) is 0 Å². The number of nitrogens with zero attached hydrogens (tertiary/aromatic N) is 1. The van der Waals surface area contributed by atoms with Crippen LogP contribution in [0.15, 0.2) is 83.3 Å². The molecule has 0 radical (unpaired) electrons. The van der Waals surface area contributed by atoms with Crippen molar-refractivity contribution in [1.29, 1.82) is 0 Å². The average Bonchev–Trinajstić information content (AvgIpc) is 2.73. The van der Waals surface area contributed by atoms with E-state index in [4.69, 9.17) is 0 Å². The van der Waals surface area contributed by atoms with Crippen molar-refractivity contribution in [1.82, 2.24) is 4.90 Å². The Balaban J connectivity index is 1.59. The fraction of sp³-hybridized carbons (Fsp3) is 0.130. The van der Waals surface area contributed by atoms with Gasteiger partial charge in [-0.2, -0.15) is 0 Å². The number of anilines is 2. The first-order chi connectivity index (χ1) is 14.0. The largest absolute Gasteiger partial charge is 0.375 e. The van der Waals surface area contributed by atoms with Gasteiger partial charge >= 0.3 is 0 Å². The van der Waals surface area contributed by atoms with Crippen LogP contribution >= 0.6 is 15.9 Å². The van der Waals surface area contributed by atoms with Crippen molar-refractivity contribution in [3.8, 4) is 0 Å². The first-order valence-electron chi connectivity index (χ1n) is 9.20. The predicted octanol–water partition coefficient (Wildman–Crippen LogP) is 4.77. The smallest absolute Gasteiger partial charge is 0.253 e. The molecule has 0 atom stereocenters. The van der Waals surface area contributed by atoms with Crippen LogP contribution in [0.3, 0.4) is 0 Å². The highest BCUT2D eigenvalue weighted by Crippen LogP contribution is 2.21. The molecule has 0 spiro atoms. The number of carbonyl (C=O) groups excluding carboxylic acids is 2. The summed E-state index contributed by atoms with van der Waals surface area (Å²) in [6.45, 7) is 0.640. The maximum Gasteiger partial charge on any atom is 0.253 e. The first-order valence-corrected chi connectivity index (χ1v) is 10.00. The lowest BCUT2D eigenvalue weighted by molar-refractivity contribution is -0.114. The standard InChI is InChI=1S/C23H22BrN3O2/c1-27(16-17-8-3-2-4-9-17)23(29)18-10-7-11-19(14-18)26-22(28)15-25-21-13-6-5-12-20(21)24/h2-14,25H,15-16H2,1H3,(H,26,28). The lowest BCUT2D eigenvalue weighted by Gasteiger charge is -2.18. The van der Waals surface area contributed by atoms with Crippen LogP contribution in [0, 0.1) is 0 Å². The highest BCUT2D eigenvalue weighted by Gasteiger charge is 2.13. The number of halogens is 1. The monoisotopic (exact) mass is 451 g/mol. The van der Waals surface area contributed by atoms with Crippen LogP contribution in [0.5, 0.6) is 0 Å². The molecule has 0 fully saturated rings. The highest BCUT2D eigenvalue weighted by molar-refractivity contribution is 9.10. The van der Waals surface area contributed by atoms with Crippen LogP contribution in [-0.4, -0.2) is 30.3 Å². The summed E-state index contributed by atoms with van der Waals surface area (Å²) in [5.41, 5.74) is 3.02. The van der Waals surface area contributed by atoms with Gasteiger partial charge in [-0.1, -0.05) is 48.5 Å². The highest BCUT2D eigenvalue weighted by atomic mass is 79.9. The number of hydrogen-bond acceptors (Lipinski definition) is 3. The Bertz CT molecular complexity index is 992. The Morgan fingerprint density at radius 1 is 0.931 bits per heavy atom. The first kappa shape index (κ1) is 20.6. The van der Waals surface area contributed by atoms with Gasteiger partial charge in [-0.25, -0.2) is 0 Å². The Hall–Kier alpha value is -3.12. The molecule has 0 unspecified atom stereocenters. The maximum atomic E-state index is 12.7. The molecular formula is C23H22BrN3O2. The SMILES string of the molecule is CN(Cc1ccccc1)C(=O)c1cccc(NC(=O)CNc2ccccc2Br)c1. The molecule has 0 saturated heterocycles. The van der Waals surface area contributed by atoms with Crippen molar-refractivity contribution < 1.29 is 9.59 Å². The van der Waals surface area contributed by atoms with Gasteiger partial charge in [0.05, 0.1) is 6.54 Å². The summed E-state index contributed by atoms with van der Waals surface area (Å²) in [7, 11) is 1.77. The molecule has 0 aliphatic heterocycles. The van der Waals surface area contributed by atoms with Gasteiger partial charge < -0.3 is 15.5 Å². The zero-order valence-electron chi connectivity index (χ0n) is 16.1. The van der Waals surface area contributed by atoms with Crippen LogP contribution in [0.25, 0.3) is 0 Å². The van der Waals surface area contributed by atoms with Crippen LogP contribution < -0.4 is 10.6 Å². The second-order valence-electron chi connectivity index (χ2n) is 6.61. The van der Waals surface area contributed by atoms with E-state index in [0.717, 1.165) is 15.7 Å². The van der Waals surface area contributed by atoms with Crippen LogP contribution in [0.1, 0.15) is 15.9 Å². The quantitative estimate of drug-likeness (QED) is 0.543. The molecule has 5 nitrogen and oxygen atoms in total. The summed E-state index contributed by atoms with van der Waals surface area (Å²) >= 11 is 3.44. The van der Waals surface area contributed by atoms with Crippen LogP contribution in [0.2, 0.25) is 0 Å². The lowest BCUT2D eigenvalue weighted by atomic mass is 10.1. The minimum Gasteiger partial charge on any atom is -0.375 e. The number of nitrogens with one attached hydrogen (secondary N) is 2. The number of hydrogen-bond donors (Lipinski definition) is 2. The Morgan fingerprint density at radius 3 is 2.41 bits per heavy atom. The molecule has 3 rings (SSSR count). The second-order valence-corrected chi connectivity index (χ2v) is 7.46. The molecule has 0 saturated carbocycles. The maximum absolute atomic E-state index is 12.7. The van der Waals surface area contributed by atoms with Crippen molar-refractivity contribution >= 4 is 39.1 Å². The van der Waals surface area contributed by atoms with Crippen LogP contribution in [0.4, 0.5) is 11.4 Å². The second kappa shape index (κ2) is 9.89. The van der Waals surface area contributed by atoms with Gasteiger partial charge in [0.25, 0.3) is 5.91 Å². The van der Waals surface area contributed by atoms with Crippen molar-refractivity contribution in [3.05, 3.63) is 94.5 Å². The van der Waals surface area contributed by atoms with Gasteiger partial charge in [-0.3, -0.25) is 9.59 Å². The summed E-state index contributed by atoms with van der Waals surface area (Å²) in [5.74, 6) is -0.292. The van der Waals surface area contributed by atoms with Crippen molar-refractivity contribution in [2.75, 3.05) is 24.2 Å². The third-order valence-corrected chi connectivity index (χ3v) is 5.01. The Kier molecular flexibility index (Phi) is 7.03. The molecule has 0 heterocycles. The molecular weight excluding hydrogens is 430 g/mol. The molecule has 0 aliphatic rings. The molecule has 6 heteroatoms. The van der Waals surface area contributed by atoms with E-state index in [0.29, 0.717) is 17.8 Å². The topological polar surface area (TPSA) is 61.4 Å². The van der Waals surface area contributed by atoms with Gasteiger partial charge in [-0.05, 0) is 51.8 Å². The van der Waals surface area contributed by atoms with E-state index in [1.165, 1.54) is 0 Å². The molecule has 2 N–H and O–H groups in total. The molecule has 0 bridgehead atoms. The van der Waals surface area contributed by atoms with Gasteiger partial charge in [0.2, 0.25) is 5.91 Å².